The number of carbonyl (C=O) groups excluding carboxylic acids is 1. The lowest BCUT2D eigenvalue weighted by Gasteiger charge is -2.34. The lowest BCUT2D eigenvalue weighted by Crippen LogP contribution is -2.52. The molecule has 2 rings (SSSR count). The molecule has 3 heteroatoms. The highest BCUT2D eigenvalue weighted by atomic mass is 16.2. The molecule has 1 heterocycles. The summed E-state index contributed by atoms with van der Waals surface area (Å²) < 4.78 is 0. The molecule has 0 saturated carbocycles. The van der Waals surface area contributed by atoms with E-state index in [1.54, 1.807) is 0 Å². The first-order valence-corrected chi connectivity index (χ1v) is 6.79. The van der Waals surface area contributed by atoms with Crippen molar-refractivity contribution in [1.29, 1.82) is 0 Å². The fraction of sp³-hybridized carbons (Fsp3) is 0.533. The normalized spacial score (nSPS) is 21.7. The number of nitrogens with zero attached hydrogens (tertiary/aromatic N) is 1. The first-order valence-electron chi connectivity index (χ1n) is 6.79. The summed E-state index contributed by atoms with van der Waals surface area (Å²) in [6, 6.07) is 10.5. The Morgan fingerprint density at radius 1 is 1.44 bits per heavy atom. The molecule has 0 aromatic heterocycles. The van der Waals surface area contributed by atoms with Crippen molar-refractivity contribution in [3.05, 3.63) is 35.9 Å². The summed E-state index contributed by atoms with van der Waals surface area (Å²) in [4.78, 5) is 14.6. The van der Waals surface area contributed by atoms with Crippen LogP contribution in [0.4, 0.5) is 0 Å². The van der Waals surface area contributed by atoms with Crippen LogP contribution in [-0.2, 0) is 4.79 Å². The van der Waals surface area contributed by atoms with Crippen LogP contribution in [0.3, 0.4) is 0 Å². The zero-order chi connectivity index (χ0) is 13.0. The molecular formula is C15H22N2O. The van der Waals surface area contributed by atoms with E-state index in [0.29, 0.717) is 6.04 Å². The number of hydrogen-bond donors (Lipinski definition) is 1. The van der Waals surface area contributed by atoms with E-state index in [-0.39, 0.29) is 11.8 Å². The van der Waals surface area contributed by atoms with Crippen molar-refractivity contribution in [2.75, 3.05) is 19.6 Å². The largest absolute Gasteiger partial charge is 0.339 e. The second-order valence-corrected chi connectivity index (χ2v) is 5.01. The van der Waals surface area contributed by atoms with Crippen molar-refractivity contribution in [3.63, 3.8) is 0 Å². The Kier molecular flexibility index (Phi) is 4.37. The molecule has 0 spiro atoms. The van der Waals surface area contributed by atoms with Crippen molar-refractivity contribution >= 4 is 5.91 Å². The summed E-state index contributed by atoms with van der Waals surface area (Å²) in [5, 5.41) is 3.37. The number of piperazine rings is 1. The molecule has 1 unspecified atom stereocenters. The van der Waals surface area contributed by atoms with Crippen LogP contribution in [0.15, 0.2) is 30.3 Å². The Morgan fingerprint density at radius 2 is 2.17 bits per heavy atom. The molecule has 0 radical (unpaired) electrons. The van der Waals surface area contributed by atoms with Crippen LogP contribution >= 0.6 is 0 Å². The maximum Gasteiger partial charge on any atom is 0.230 e. The van der Waals surface area contributed by atoms with Gasteiger partial charge in [0.05, 0.1) is 5.92 Å². The van der Waals surface area contributed by atoms with Gasteiger partial charge in [-0.1, -0.05) is 37.3 Å². The third kappa shape index (κ3) is 2.91. The predicted octanol–water partition coefficient (Wildman–Crippen LogP) is 2.00. The van der Waals surface area contributed by atoms with Crippen molar-refractivity contribution in [2.45, 2.75) is 32.2 Å². The molecule has 1 amide bonds. The van der Waals surface area contributed by atoms with Crippen LogP contribution in [-0.4, -0.2) is 36.5 Å². The zero-order valence-electron chi connectivity index (χ0n) is 11.2. The molecule has 1 N–H and O–H groups in total. The highest BCUT2D eigenvalue weighted by Gasteiger charge is 2.27. The lowest BCUT2D eigenvalue weighted by molar-refractivity contribution is -0.134. The fourth-order valence-corrected chi connectivity index (χ4v) is 2.59. The van der Waals surface area contributed by atoms with Crippen LogP contribution < -0.4 is 5.32 Å². The fourth-order valence-electron chi connectivity index (χ4n) is 2.59. The maximum absolute atomic E-state index is 12.6. The SMILES string of the molecule is CCC(C(=O)N1CCN[C@H](C)C1)c1ccccc1. The first-order chi connectivity index (χ1) is 8.72. The van der Waals surface area contributed by atoms with E-state index in [2.05, 4.69) is 31.3 Å². The van der Waals surface area contributed by atoms with Crippen LogP contribution in [0.1, 0.15) is 31.7 Å². The first kappa shape index (κ1) is 13.1. The molecule has 98 valence electrons. The Bertz CT molecular complexity index is 391. The number of hydrogen-bond acceptors (Lipinski definition) is 2. The van der Waals surface area contributed by atoms with Gasteiger partial charge in [-0.2, -0.15) is 0 Å². The van der Waals surface area contributed by atoms with E-state index in [0.717, 1.165) is 31.6 Å². The van der Waals surface area contributed by atoms with Gasteiger partial charge in [0.1, 0.15) is 0 Å². The molecular weight excluding hydrogens is 224 g/mol. The van der Waals surface area contributed by atoms with Crippen molar-refractivity contribution in [2.24, 2.45) is 0 Å². The van der Waals surface area contributed by atoms with Crippen LogP contribution in [0.5, 0.6) is 0 Å². The van der Waals surface area contributed by atoms with Gasteiger partial charge in [0.25, 0.3) is 0 Å². The molecule has 18 heavy (non-hydrogen) atoms. The summed E-state index contributed by atoms with van der Waals surface area (Å²) >= 11 is 0. The molecule has 1 fully saturated rings. The molecule has 1 aliphatic heterocycles. The molecule has 1 aromatic carbocycles. The van der Waals surface area contributed by atoms with E-state index < -0.39 is 0 Å². The monoisotopic (exact) mass is 246 g/mol. The zero-order valence-corrected chi connectivity index (χ0v) is 11.2. The molecule has 1 aliphatic rings. The van der Waals surface area contributed by atoms with Gasteiger partial charge in [0.15, 0.2) is 0 Å². The van der Waals surface area contributed by atoms with E-state index in [4.69, 9.17) is 0 Å². The van der Waals surface area contributed by atoms with Gasteiger partial charge in [0.2, 0.25) is 5.91 Å². The average molecular weight is 246 g/mol. The molecule has 1 saturated heterocycles. The van der Waals surface area contributed by atoms with E-state index in [9.17, 15) is 4.79 Å². The van der Waals surface area contributed by atoms with Gasteiger partial charge in [-0.25, -0.2) is 0 Å². The number of rotatable bonds is 3. The number of benzene rings is 1. The third-order valence-corrected chi connectivity index (χ3v) is 3.59. The number of carbonyl (C=O) groups is 1. The Morgan fingerprint density at radius 3 is 2.78 bits per heavy atom. The van der Waals surface area contributed by atoms with Crippen LogP contribution in [0.2, 0.25) is 0 Å². The summed E-state index contributed by atoms with van der Waals surface area (Å²) in [5.74, 6) is 0.286. The molecule has 2 atom stereocenters. The van der Waals surface area contributed by atoms with Gasteiger partial charge in [0, 0.05) is 25.7 Å². The van der Waals surface area contributed by atoms with Gasteiger partial charge < -0.3 is 10.2 Å². The Hall–Kier alpha value is -1.35. The van der Waals surface area contributed by atoms with Gasteiger partial charge in [-0.15, -0.1) is 0 Å². The Balaban J connectivity index is 2.10. The summed E-state index contributed by atoms with van der Waals surface area (Å²) in [6.45, 7) is 6.76. The van der Waals surface area contributed by atoms with Gasteiger partial charge >= 0.3 is 0 Å². The van der Waals surface area contributed by atoms with Crippen molar-refractivity contribution in [1.82, 2.24) is 10.2 Å². The second-order valence-electron chi connectivity index (χ2n) is 5.01. The predicted molar refractivity (Wildman–Crippen MR) is 73.5 cm³/mol. The highest BCUT2D eigenvalue weighted by molar-refractivity contribution is 5.83. The molecule has 1 aromatic rings. The maximum atomic E-state index is 12.6. The quantitative estimate of drug-likeness (QED) is 0.884. The Labute approximate surface area is 109 Å². The number of amides is 1. The van der Waals surface area contributed by atoms with E-state index in [1.807, 2.05) is 23.1 Å². The minimum atomic E-state index is 0.0106. The molecule has 0 aliphatic carbocycles. The average Bonchev–Trinajstić information content (AvgIpc) is 2.41. The molecule has 0 bridgehead atoms. The van der Waals surface area contributed by atoms with E-state index >= 15 is 0 Å². The third-order valence-electron chi connectivity index (χ3n) is 3.59. The van der Waals surface area contributed by atoms with Crippen molar-refractivity contribution < 1.29 is 4.79 Å². The van der Waals surface area contributed by atoms with Crippen LogP contribution in [0.25, 0.3) is 0 Å². The summed E-state index contributed by atoms with van der Waals surface area (Å²) in [6.07, 6.45) is 0.862. The van der Waals surface area contributed by atoms with E-state index in [1.165, 1.54) is 0 Å². The number of nitrogens with one attached hydrogen (secondary N) is 1. The highest BCUT2D eigenvalue weighted by Crippen LogP contribution is 2.22. The smallest absolute Gasteiger partial charge is 0.230 e. The van der Waals surface area contributed by atoms with Gasteiger partial charge in [-0.05, 0) is 18.9 Å². The molecule has 3 nitrogen and oxygen atoms in total. The lowest BCUT2D eigenvalue weighted by atomic mass is 9.94. The minimum absolute atomic E-state index is 0.0106. The summed E-state index contributed by atoms with van der Waals surface area (Å²) in [7, 11) is 0. The summed E-state index contributed by atoms with van der Waals surface area (Å²) in [5.41, 5.74) is 1.14. The topological polar surface area (TPSA) is 32.3 Å². The van der Waals surface area contributed by atoms with Crippen molar-refractivity contribution in [3.8, 4) is 0 Å². The minimum Gasteiger partial charge on any atom is -0.339 e. The standard InChI is InChI=1S/C15H22N2O/c1-3-14(13-7-5-4-6-8-13)15(18)17-10-9-16-12(2)11-17/h4-8,12,14,16H,3,9-11H2,1-2H3/t12-,14?/m1/s1. The van der Waals surface area contributed by atoms with Crippen LogP contribution in [0, 0.1) is 0 Å². The second kappa shape index (κ2) is 6.01. The van der Waals surface area contributed by atoms with Gasteiger partial charge in [-0.3, -0.25) is 4.79 Å².